The fourth-order valence-electron chi connectivity index (χ4n) is 5.38. The third-order valence-corrected chi connectivity index (χ3v) is 8.95. The van der Waals surface area contributed by atoms with Gasteiger partial charge in [0.05, 0.1) is 0 Å². The van der Waals surface area contributed by atoms with Gasteiger partial charge >= 0.3 is 5.97 Å². The highest BCUT2D eigenvalue weighted by Crippen LogP contribution is 2.31. The molecule has 2 amide bonds. The molecule has 0 saturated carbocycles. The number of aromatic hydroxyl groups is 1. The van der Waals surface area contributed by atoms with Gasteiger partial charge in [0.15, 0.2) is 0 Å². The first kappa shape index (κ1) is 33.0. The Morgan fingerprint density at radius 2 is 1.50 bits per heavy atom. The van der Waals surface area contributed by atoms with Gasteiger partial charge in [0, 0.05) is 53.9 Å². The first-order valence-corrected chi connectivity index (χ1v) is 15.3. The normalized spacial score (nSPS) is 14.2. The number of piperazine rings is 1. The molecule has 1 atom stereocenters. The van der Waals surface area contributed by atoms with E-state index in [2.05, 4.69) is 10.2 Å². The average Bonchev–Trinajstić information content (AvgIpc) is 3.02. The number of phenols is 1. The van der Waals surface area contributed by atoms with Gasteiger partial charge in [-0.3, -0.25) is 9.59 Å². The third kappa shape index (κ3) is 7.57. The number of carboxylic acids is 1. The predicted molar refractivity (Wildman–Crippen MR) is 170 cm³/mol. The van der Waals surface area contributed by atoms with Gasteiger partial charge < -0.3 is 30.1 Å². The number of benzene rings is 3. The van der Waals surface area contributed by atoms with Crippen LogP contribution < -0.4 is 15.0 Å². The summed E-state index contributed by atoms with van der Waals surface area (Å²) >= 11 is 12.4. The molecule has 0 aromatic heterocycles. The topological polar surface area (TPSA) is 119 Å². The second-order valence-corrected chi connectivity index (χ2v) is 11.6. The van der Waals surface area contributed by atoms with Crippen molar-refractivity contribution in [2.24, 2.45) is 5.41 Å². The quantitative estimate of drug-likeness (QED) is 0.222. The Balaban J connectivity index is 1.38. The molecule has 3 aromatic carbocycles. The Labute approximate surface area is 267 Å². The number of hydrogen-bond donors (Lipinski definition) is 3. The van der Waals surface area contributed by atoms with E-state index in [1.807, 2.05) is 12.1 Å². The zero-order chi connectivity index (χ0) is 31.9. The van der Waals surface area contributed by atoms with Crippen molar-refractivity contribution in [2.75, 3.05) is 31.1 Å². The summed E-state index contributed by atoms with van der Waals surface area (Å²) in [6, 6.07) is 17.8. The molecule has 1 heterocycles. The van der Waals surface area contributed by atoms with Crippen molar-refractivity contribution in [1.29, 1.82) is 0 Å². The first-order valence-electron chi connectivity index (χ1n) is 14.6. The number of rotatable bonds is 12. The van der Waals surface area contributed by atoms with E-state index in [-0.39, 0.29) is 37.5 Å². The van der Waals surface area contributed by atoms with Gasteiger partial charge in [-0.25, -0.2) is 4.79 Å². The van der Waals surface area contributed by atoms with E-state index in [9.17, 15) is 24.6 Å². The van der Waals surface area contributed by atoms with Gasteiger partial charge in [-0.05, 0) is 66.9 Å². The summed E-state index contributed by atoms with van der Waals surface area (Å²) in [5, 5.41) is 23.2. The Morgan fingerprint density at radius 1 is 0.909 bits per heavy atom. The molecule has 9 nitrogen and oxygen atoms in total. The van der Waals surface area contributed by atoms with Crippen LogP contribution >= 0.6 is 23.2 Å². The molecule has 1 aliphatic rings. The average molecular weight is 643 g/mol. The van der Waals surface area contributed by atoms with Crippen LogP contribution in [0.5, 0.6) is 11.5 Å². The van der Waals surface area contributed by atoms with Crippen molar-refractivity contribution in [3.05, 3.63) is 87.9 Å². The maximum absolute atomic E-state index is 13.8. The van der Waals surface area contributed by atoms with Gasteiger partial charge in [-0.1, -0.05) is 55.2 Å². The second-order valence-electron chi connectivity index (χ2n) is 10.8. The van der Waals surface area contributed by atoms with Gasteiger partial charge in [-0.15, -0.1) is 0 Å². The number of carbonyl (C=O) groups is 3. The van der Waals surface area contributed by atoms with Crippen LogP contribution in [-0.4, -0.2) is 65.1 Å². The summed E-state index contributed by atoms with van der Waals surface area (Å²) in [5.74, 6) is -1.34. The lowest BCUT2D eigenvalue weighted by atomic mass is 9.79. The summed E-state index contributed by atoms with van der Waals surface area (Å²) < 4.78 is 5.81. The lowest BCUT2D eigenvalue weighted by molar-refractivity contribution is -0.154. The summed E-state index contributed by atoms with van der Waals surface area (Å²) in [5.41, 5.74) is 0.902. The van der Waals surface area contributed by atoms with Crippen LogP contribution in [0, 0.1) is 5.41 Å². The first-order chi connectivity index (χ1) is 21.1. The van der Waals surface area contributed by atoms with Crippen LogP contribution in [0.25, 0.3) is 0 Å². The third-order valence-electron chi connectivity index (χ3n) is 8.24. The van der Waals surface area contributed by atoms with E-state index >= 15 is 0 Å². The summed E-state index contributed by atoms with van der Waals surface area (Å²) in [6.07, 6.45) is 0.501. The number of phenolic OH excluding ortho intramolecular Hbond substituents is 1. The van der Waals surface area contributed by atoms with Crippen LogP contribution in [0.2, 0.25) is 10.0 Å². The summed E-state index contributed by atoms with van der Waals surface area (Å²) in [6.45, 7) is 5.72. The van der Waals surface area contributed by atoms with E-state index in [1.165, 1.54) is 0 Å². The smallest absolute Gasteiger partial charge is 0.326 e. The number of aliphatic carboxylic acids is 1. The van der Waals surface area contributed by atoms with Crippen molar-refractivity contribution in [1.82, 2.24) is 10.2 Å². The zero-order valence-corrected chi connectivity index (χ0v) is 26.3. The van der Waals surface area contributed by atoms with Crippen LogP contribution in [0.4, 0.5) is 5.69 Å². The predicted octanol–water partition coefficient (Wildman–Crippen LogP) is 5.55. The molecule has 0 bridgehead atoms. The molecule has 234 valence electrons. The fraction of sp³-hybridized carbons (Fsp3) is 0.364. The number of halogens is 2. The number of carbonyl (C=O) groups excluding carboxylic acids is 2. The zero-order valence-electron chi connectivity index (χ0n) is 24.8. The highest BCUT2D eigenvalue weighted by molar-refractivity contribution is 6.35. The highest BCUT2D eigenvalue weighted by Gasteiger charge is 2.46. The molecule has 3 aromatic rings. The number of nitrogens with one attached hydrogen (secondary N) is 1. The molecule has 1 aliphatic heterocycles. The van der Waals surface area contributed by atoms with Crippen molar-refractivity contribution >= 4 is 46.7 Å². The highest BCUT2D eigenvalue weighted by atomic mass is 35.5. The van der Waals surface area contributed by atoms with E-state index in [4.69, 9.17) is 27.9 Å². The lowest BCUT2D eigenvalue weighted by Gasteiger charge is -2.41. The van der Waals surface area contributed by atoms with Crippen LogP contribution in [0.3, 0.4) is 0 Å². The van der Waals surface area contributed by atoms with Crippen molar-refractivity contribution in [3.63, 3.8) is 0 Å². The fourth-order valence-corrected chi connectivity index (χ4v) is 5.89. The van der Waals surface area contributed by atoms with E-state index < -0.39 is 23.3 Å². The van der Waals surface area contributed by atoms with Crippen molar-refractivity contribution < 1.29 is 29.3 Å². The molecule has 4 rings (SSSR count). The second kappa shape index (κ2) is 14.7. The Bertz CT molecular complexity index is 1430. The standard InChI is InChI=1S/C33H37Cl2N3O6/c1-3-33(4-2,32(43)38-18-16-37(17-19-38)23-10-12-24(39)13-11-23)31(42)36-29(30(40)41)20-22-8-14-25(15-9-22)44-21-26-27(34)6-5-7-28(26)35/h5-15,29,39H,3-4,16-21H2,1-2H3,(H,36,42)(H,40,41)/t29-/m0/s1. The SMILES string of the molecule is CCC(CC)(C(=O)N[C@@H](Cc1ccc(OCc2c(Cl)cccc2Cl)cc1)C(=O)O)C(=O)N1CCN(c2ccc(O)cc2)CC1. The van der Waals surface area contributed by atoms with E-state index in [0.717, 1.165) is 5.69 Å². The van der Waals surface area contributed by atoms with Crippen LogP contribution in [-0.2, 0) is 27.4 Å². The number of hydrogen-bond acceptors (Lipinski definition) is 6. The van der Waals surface area contributed by atoms with Crippen molar-refractivity contribution in [3.8, 4) is 11.5 Å². The van der Waals surface area contributed by atoms with Gasteiger partial charge in [0.25, 0.3) is 0 Å². The number of amides is 2. The monoisotopic (exact) mass is 641 g/mol. The number of carboxylic acid groups (broad SMARTS) is 1. The maximum Gasteiger partial charge on any atom is 0.326 e. The number of ether oxygens (including phenoxy) is 1. The minimum absolute atomic E-state index is 0.0285. The molecule has 44 heavy (non-hydrogen) atoms. The molecule has 0 spiro atoms. The van der Waals surface area contributed by atoms with Crippen LogP contribution in [0.15, 0.2) is 66.7 Å². The molecule has 1 fully saturated rings. The largest absolute Gasteiger partial charge is 0.508 e. The van der Waals surface area contributed by atoms with Gasteiger partial charge in [0.1, 0.15) is 29.6 Å². The van der Waals surface area contributed by atoms with Crippen molar-refractivity contribution in [2.45, 2.75) is 45.8 Å². The van der Waals surface area contributed by atoms with E-state index in [1.54, 1.807) is 73.3 Å². The molecule has 0 unspecified atom stereocenters. The Hall–Kier alpha value is -3.95. The molecule has 0 radical (unpaired) electrons. The molecule has 3 N–H and O–H groups in total. The Kier molecular flexibility index (Phi) is 11.0. The molecule has 11 heteroatoms. The summed E-state index contributed by atoms with van der Waals surface area (Å²) in [7, 11) is 0. The van der Waals surface area contributed by atoms with Gasteiger partial charge in [0.2, 0.25) is 11.8 Å². The van der Waals surface area contributed by atoms with Crippen LogP contribution in [0.1, 0.15) is 37.8 Å². The molecular weight excluding hydrogens is 605 g/mol. The minimum Gasteiger partial charge on any atom is -0.508 e. The van der Waals surface area contributed by atoms with Gasteiger partial charge in [-0.2, -0.15) is 0 Å². The number of nitrogens with zero attached hydrogens (tertiary/aromatic N) is 2. The molecular formula is C33H37Cl2N3O6. The molecule has 0 aliphatic carbocycles. The van der Waals surface area contributed by atoms with E-state index in [0.29, 0.717) is 53.1 Å². The summed E-state index contributed by atoms with van der Waals surface area (Å²) in [4.78, 5) is 43.5. The molecule has 1 saturated heterocycles. The maximum atomic E-state index is 13.8. The lowest BCUT2D eigenvalue weighted by Crippen LogP contribution is -2.59. The number of anilines is 1. The minimum atomic E-state index is -1.38. The Morgan fingerprint density at radius 3 is 2.05 bits per heavy atom.